The van der Waals surface area contributed by atoms with E-state index in [9.17, 15) is 0 Å². The van der Waals surface area contributed by atoms with Crippen molar-refractivity contribution in [2.45, 2.75) is 25.8 Å². The topological polar surface area (TPSA) is 12.0 Å². The Kier molecular flexibility index (Phi) is 2.31. The molecule has 2 rings (SSSR count). The quantitative estimate of drug-likeness (QED) is 0.671. The summed E-state index contributed by atoms with van der Waals surface area (Å²) in [4.78, 5) is 0. The Morgan fingerprint density at radius 1 is 1.31 bits per heavy atom. The third-order valence-electron chi connectivity index (χ3n) is 2.78. The van der Waals surface area contributed by atoms with E-state index in [1.165, 1.54) is 11.1 Å². The lowest BCUT2D eigenvalue weighted by molar-refractivity contribution is 0.495. The lowest BCUT2D eigenvalue weighted by Crippen LogP contribution is -2.30. The van der Waals surface area contributed by atoms with Gasteiger partial charge in [-0.2, -0.15) is 0 Å². The highest BCUT2D eigenvalue weighted by atomic mass is 35.5. The molecule has 0 spiro atoms. The molecule has 1 heterocycles. The standard InChI is InChI=1S/C11H14ClN/c1-7-6-13-8(2)10-4-3-9(12)5-11(7)10/h3-5,7-8,13H,6H2,1-2H3. The molecule has 2 unspecified atom stereocenters. The van der Waals surface area contributed by atoms with E-state index in [2.05, 4.69) is 31.3 Å². The first-order valence-electron chi connectivity index (χ1n) is 4.71. The molecule has 70 valence electrons. The molecule has 0 aromatic heterocycles. The Hall–Kier alpha value is -0.530. The first-order valence-corrected chi connectivity index (χ1v) is 5.09. The second-order valence-corrected chi connectivity index (χ2v) is 4.24. The maximum absolute atomic E-state index is 5.97. The van der Waals surface area contributed by atoms with Crippen molar-refractivity contribution < 1.29 is 0 Å². The SMILES string of the molecule is CC1CNC(C)c2ccc(Cl)cc21. The molecule has 2 heteroatoms. The molecule has 13 heavy (non-hydrogen) atoms. The minimum absolute atomic E-state index is 0.462. The third-order valence-corrected chi connectivity index (χ3v) is 3.01. The van der Waals surface area contributed by atoms with E-state index in [1.54, 1.807) is 0 Å². The van der Waals surface area contributed by atoms with Crippen LogP contribution in [0, 0.1) is 0 Å². The van der Waals surface area contributed by atoms with Gasteiger partial charge < -0.3 is 5.32 Å². The molecule has 0 fully saturated rings. The van der Waals surface area contributed by atoms with Crippen LogP contribution in [0.2, 0.25) is 5.02 Å². The molecule has 1 nitrogen and oxygen atoms in total. The van der Waals surface area contributed by atoms with Crippen LogP contribution in [0.5, 0.6) is 0 Å². The lowest BCUT2D eigenvalue weighted by atomic mass is 9.88. The number of hydrogen-bond donors (Lipinski definition) is 1. The highest BCUT2D eigenvalue weighted by Gasteiger charge is 2.20. The van der Waals surface area contributed by atoms with Crippen LogP contribution in [0.25, 0.3) is 0 Å². The van der Waals surface area contributed by atoms with Gasteiger partial charge in [0, 0.05) is 17.6 Å². The molecule has 1 aliphatic rings. The van der Waals surface area contributed by atoms with Gasteiger partial charge in [0.2, 0.25) is 0 Å². The zero-order chi connectivity index (χ0) is 9.42. The van der Waals surface area contributed by atoms with Crippen LogP contribution in [-0.2, 0) is 0 Å². The second-order valence-electron chi connectivity index (χ2n) is 3.80. The van der Waals surface area contributed by atoms with Crippen molar-refractivity contribution >= 4 is 11.6 Å². The Labute approximate surface area is 84.1 Å². The summed E-state index contributed by atoms with van der Waals surface area (Å²) in [5, 5.41) is 4.31. The van der Waals surface area contributed by atoms with Crippen molar-refractivity contribution in [3.05, 3.63) is 34.3 Å². The Morgan fingerprint density at radius 2 is 2.08 bits per heavy atom. The number of hydrogen-bond acceptors (Lipinski definition) is 1. The number of nitrogens with one attached hydrogen (secondary N) is 1. The van der Waals surface area contributed by atoms with E-state index < -0.39 is 0 Å². The number of benzene rings is 1. The summed E-state index contributed by atoms with van der Waals surface area (Å²) < 4.78 is 0. The molecule has 0 amide bonds. The zero-order valence-corrected chi connectivity index (χ0v) is 8.73. The van der Waals surface area contributed by atoms with Crippen LogP contribution in [-0.4, -0.2) is 6.54 Å². The van der Waals surface area contributed by atoms with Crippen LogP contribution in [0.15, 0.2) is 18.2 Å². The minimum atomic E-state index is 0.462. The van der Waals surface area contributed by atoms with E-state index in [0.717, 1.165) is 11.6 Å². The number of fused-ring (bicyclic) bond motifs is 1. The average Bonchev–Trinajstić information content (AvgIpc) is 2.12. The molecule has 0 bridgehead atoms. The minimum Gasteiger partial charge on any atom is -0.310 e. The van der Waals surface area contributed by atoms with Crippen molar-refractivity contribution in [3.8, 4) is 0 Å². The smallest absolute Gasteiger partial charge is 0.0409 e. The molecule has 0 saturated heterocycles. The molecule has 2 atom stereocenters. The largest absolute Gasteiger partial charge is 0.310 e. The van der Waals surface area contributed by atoms with Crippen LogP contribution >= 0.6 is 11.6 Å². The molecular formula is C11H14ClN. The normalized spacial score (nSPS) is 27.0. The summed E-state index contributed by atoms with van der Waals surface area (Å²) in [6.45, 7) is 5.47. The average molecular weight is 196 g/mol. The summed E-state index contributed by atoms with van der Waals surface area (Å²) in [5.41, 5.74) is 2.79. The summed E-state index contributed by atoms with van der Waals surface area (Å²) >= 11 is 5.97. The van der Waals surface area contributed by atoms with Gasteiger partial charge in [0.1, 0.15) is 0 Å². The Balaban J connectivity index is 2.50. The van der Waals surface area contributed by atoms with E-state index in [4.69, 9.17) is 11.6 Å². The fourth-order valence-corrected chi connectivity index (χ4v) is 2.12. The number of rotatable bonds is 0. The van der Waals surface area contributed by atoms with Gasteiger partial charge >= 0.3 is 0 Å². The Bertz CT molecular complexity index is 322. The van der Waals surface area contributed by atoms with Gasteiger partial charge in [0.05, 0.1) is 0 Å². The lowest BCUT2D eigenvalue weighted by Gasteiger charge is -2.28. The van der Waals surface area contributed by atoms with Crippen molar-refractivity contribution in [2.75, 3.05) is 6.54 Å². The predicted octanol–water partition coefficient (Wildman–Crippen LogP) is 3.11. The first kappa shape index (κ1) is 9.04. The van der Waals surface area contributed by atoms with E-state index in [-0.39, 0.29) is 0 Å². The Morgan fingerprint density at radius 3 is 2.85 bits per heavy atom. The van der Waals surface area contributed by atoms with Crippen molar-refractivity contribution in [3.63, 3.8) is 0 Å². The van der Waals surface area contributed by atoms with Gasteiger partial charge in [-0.25, -0.2) is 0 Å². The van der Waals surface area contributed by atoms with Crippen LogP contribution in [0.4, 0.5) is 0 Å². The van der Waals surface area contributed by atoms with Gasteiger partial charge in [-0.05, 0) is 36.1 Å². The van der Waals surface area contributed by atoms with Crippen LogP contribution < -0.4 is 5.32 Å². The fourth-order valence-electron chi connectivity index (χ4n) is 1.94. The van der Waals surface area contributed by atoms with Crippen molar-refractivity contribution in [2.24, 2.45) is 0 Å². The summed E-state index contributed by atoms with van der Waals surface area (Å²) in [7, 11) is 0. The van der Waals surface area contributed by atoms with Gasteiger partial charge in [0.25, 0.3) is 0 Å². The molecule has 0 aliphatic carbocycles. The van der Waals surface area contributed by atoms with Gasteiger partial charge in [0.15, 0.2) is 0 Å². The second kappa shape index (κ2) is 3.32. The maximum atomic E-state index is 5.97. The van der Waals surface area contributed by atoms with E-state index >= 15 is 0 Å². The van der Waals surface area contributed by atoms with Crippen LogP contribution in [0.3, 0.4) is 0 Å². The van der Waals surface area contributed by atoms with Gasteiger partial charge in [-0.3, -0.25) is 0 Å². The third kappa shape index (κ3) is 1.59. The summed E-state index contributed by atoms with van der Waals surface area (Å²) in [6, 6.07) is 6.66. The molecule has 0 radical (unpaired) electrons. The summed E-state index contributed by atoms with van der Waals surface area (Å²) in [5.74, 6) is 0.574. The molecule has 1 aromatic rings. The predicted molar refractivity (Wildman–Crippen MR) is 56.3 cm³/mol. The zero-order valence-electron chi connectivity index (χ0n) is 7.97. The van der Waals surface area contributed by atoms with Crippen molar-refractivity contribution in [1.29, 1.82) is 0 Å². The molecule has 1 N–H and O–H groups in total. The summed E-state index contributed by atoms with van der Waals surface area (Å²) in [6.07, 6.45) is 0. The molecule has 1 aromatic carbocycles. The van der Waals surface area contributed by atoms with Gasteiger partial charge in [-0.15, -0.1) is 0 Å². The monoisotopic (exact) mass is 195 g/mol. The fraction of sp³-hybridized carbons (Fsp3) is 0.455. The highest BCUT2D eigenvalue weighted by molar-refractivity contribution is 6.30. The molecular weight excluding hydrogens is 182 g/mol. The first-order chi connectivity index (χ1) is 6.18. The van der Waals surface area contributed by atoms with Crippen LogP contribution in [0.1, 0.15) is 36.9 Å². The maximum Gasteiger partial charge on any atom is 0.0409 e. The van der Waals surface area contributed by atoms with E-state index in [1.807, 2.05) is 6.07 Å². The highest BCUT2D eigenvalue weighted by Crippen LogP contribution is 2.31. The molecule has 1 aliphatic heterocycles. The van der Waals surface area contributed by atoms with E-state index in [0.29, 0.717) is 12.0 Å². The molecule has 0 saturated carbocycles. The number of halogens is 1. The van der Waals surface area contributed by atoms with Gasteiger partial charge in [-0.1, -0.05) is 24.6 Å². The van der Waals surface area contributed by atoms with Crippen molar-refractivity contribution in [1.82, 2.24) is 5.32 Å².